The zero-order chi connectivity index (χ0) is 11.7. The van der Waals surface area contributed by atoms with Crippen LogP contribution in [0.25, 0.3) is 0 Å². The summed E-state index contributed by atoms with van der Waals surface area (Å²) in [6, 6.07) is 4.00. The van der Waals surface area contributed by atoms with E-state index in [1.165, 1.54) is 17.7 Å². The highest BCUT2D eigenvalue weighted by molar-refractivity contribution is 5.49. The lowest BCUT2D eigenvalue weighted by atomic mass is 10.2. The van der Waals surface area contributed by atoms with Gasteiger partial charge in [0.2, 0.25) is 0 Å². The van der Waals surface area contributed by atoms with Crippen LogP contribution in [0.4, 0.5) is 5.82 Å². The molecule has 1 aliphatic carbocycles. The number of furan rings is 1. The van der Waals surface area contributed by atoms with E-state index in [1.807, 2.05) is 12.1 Å². The molecule has 1 N–H and O–H groups in total. The fourth-order valence-electron chi connectivity index (χ4n) is 2.30. The Morgan fingerprint density at radius 1 is 1.35 bits per heavy atom. The average Bonchev–Trinajstić information content (AvgIpc) is 3.00. The molecule has 0 bridgehead atoms. The zero-order valence-electron chi connectivity index (χ0n) is 9.81. The van der Waals surface area contributed by atoms with Crippen LogP contribution < -0.4 is 5.32 Å². The Kier molecular flexibility index (Phi) is 2.55. The number of anilines is 1. The van der Waals surface area contributed by atoms with Gasteiger partial charge in [-0.05, 0) is 38.3 Å². The predicted molar refractivity (Wildman–Crippen MR) is 64.8 cm³/mol. The smallest absolute Gasteiger partial charge is 0.133 e. The first-order chi connectivity index (χ1) is 8.34. The van der Waals surface area contributed by atoms with E-state index in [-0.39, 0.29) is 6.04 Å². The Balaban J connectivity index is 1.84. The monoisotopic (exact) mass is 229 g/mol. The van der Waals surface area contributed by atoms with Crippen molar-refractivity contribution in [2.75, 3.05) is 5.32 Å². The lowest BCUT2D eigenvalue weighted by Gasteiger charge is -2.14. The molecule has 4 nitrogen and oxygen atoms in total. The van der Waals surface area contributed by atoms with Crippen LogP contribution in [-0.4, -0.2) is 9.97 Å². The van der Waals surface area contributed by atoms with Crippen LogP contribution in [0.2, 0.25) is 0 Å². The molecule has 0 fully saturated rings. The maximum Gasteiger partial charge on any atom is 0.133 e. The van der Waals surface area contributed by atoms with Crippen LogP contribution in [0.1, 0.15) is 36.4 Å². The van der Waals surface area contributed by atoms with Gasteiger partial charge in [0.15, 0.2) is 0 Å². The summed E-state index contributed by atoms with van der Waals surface area (Å²) < 4.78 is 5.38. The summed E-state index contributed by atoms with van der Waals surface area (Å²) in [6.07, 6.45) is 6.65. The highest BCUT2D eigenvalue weighted by atomic mass is 16.3. The third-order valence-corrected chi connectivity index (χ3v) is 3.20. The minimum Gasteiger partial charge on any atom is -0.467 e. The number of nitrogens with one attached hydrogen (secondary N) is 1. The summed E-state index contributed by atoms with van der Waals surface area (Å²) in [5, 5.41) is 3.40. The number of fused-ring (bicyclic) bond motifs is 1. The molecule has 2 aromatic rings. The Morgan fingerprint density at radius 3 is 3.12 bits per heavy atom. The molecule has 2 aromatic heterocycles. The quantitative estimate of drug-likeness (QED) is 0.879. The van der Waals surface area contributed by atoms with Crippen LogP contribution in [0.3, 0.4) is 0 Å². The molecular weight excluding hydrogens is 214 g/mol. The number of hydrogen-bond donors (Lipinski definition) is 1. The van der Waals surface area contributed by atoms with Crippen molar-refractivity contribution in [2.45, 2.75) is 32.2 Å². The largest absolute Gasteiger partial charge is 0.467 e. The average molecular weight is 229 g/mol. The molecule has 88 valence electrons. The normalized spacial score (nSPS) is 15.6. The number of aromatic nitrogens is 2. The maximum absolute atomic E-state index is 5.38. The highest BCUT2D eigenvalue weighted by Crippen LogP contribution is 2.27. The molecule has 0 amide bonds. The number of nitrogens with zero attached hydrogens (tertiary/aromatic N) is 2. The van der Waals surface area contributed by atoms with Crippen molar-refractivity contribution in [1.29, 1.82) is 0 Å². The summed E-state index contributed by atoms with van der Waals surface area (Å²) in [4.78, 5) is 8.65. The maximum atomic E-state index is 5.38. The molecule has 0 saturated carbocycles. The minimum absolute atomic E-state index is 0.129. The Labute approximate surface area is 100 Å². The van der Waals surface area contributed by atoms with E-state index in [9.17, 15) is 0 Å². The second-order valence-electron chi connectivity index (χ2n) is 4.38. The fraction of sp³-hybridized carbons (Fsp3) is 0.385. The molecule has 0 saturated heterocycles. The lowest BCUT2D eigenvalue weighted by Crippen LogP contribution is -2.09. The molecule has 1 unspecified atom stereocenters. The second-order valence-corrected chi connectivity index (χ2v) is 4.38. The van der Waals surface area contributed by atoms with Gasteiger partial charge in [-0.3, -0.25) is 0 Å². The van der Waals surface area contributed by atoms with E-state index < -0.39 is 0 Å². The highest BCUT2D eigenvalue weighted by Gasteiger charge is 2.18. The van der Waals surface area contributed by atoms with Crippen LogP contribution in [-0.2, 0) is 12.8 Å². The van der Waals surface area contributed by atoms with Gasteiger partial charge in [0, 0.05) is 11.3 Å². The summed E-state index contributed by atoms with van der Waals surface area (Å²) in [5.74, 6) is 1.88. The Morgan fingerprint density at radius 2 is 2.29 bits per heavy atom. The first-order valence-corrected chi connectivity index (χ1v) is 5.97. The predicted octanol–water partition coefficient (Wildman–Crippen LogP) is 2.73. The van der Waals surface area contributed by atoms with Crippen molar-refractivity contribution >= 4 is 5.82 Å². The molecule has 1 aliphatic rings. The summed E-state index contributed by atoms with van der Waals surface area (Å²) in [5.41, 5.74) is 2.46. The van der Waals surface area contributed by atoms with Gasteiger partial charge in [-0.15, -0.1) is 0 Å². The molecule has 1 atom stereocenters. The minimum atomic E-state index is 0.129. The van der Waals surface area contributed by atoms with Crippen LogP contribution in [0, 0.1) is 0 Å². The Bertz CT molecular complexity index is 507. The molecule has 2 heterocycles. The summed E-state index contributed by atoms with van der Waals surface area (Å²) in [6.45, 7) is 2.07. The molecule has 0 radical (unpaired) electrons. The molecule has 4 heteroatoms. The van der Waals surface area contributed by atoms with E-state index in [1.54, 1.807) is 12.6 Å². The van der Waals surface area contributed by atoms with Crippen molar-refractivity contribution in [3.05, 3.63) is 41.7 Å². The fourth-order valence-corrected chi connectivity index (χ4v) is 2.30. The molecule has 0 spiro atoms. The van der Waals surface area contributed by atoms with Crippen LogP contribution in [0.15, 0.2) is 29.1 Å². The van der Waals surface area contributed by atoms with E-state index in [4.69, 9.17) is 4.42 Å². The van der Waals surface area contributed by atoms with Crippen molar-refractivity contribution in [1.82, 2.24) is 9.97 Å². The van der Waals surface area contributed by atoms with Crippen molar-refractivity contribution in [3.8, 4) is 0 Å². The van der Waals surface area contributed by atoms with Crippen LogP contribution in [0.5, 0.6) is 0 Å². The van der Waals surface area contributed by atoms with Crippen molar-refractivity contribution in [3.63, 3.8) is 0 Å². The van der Waals surface area contributed by atoms with E-state index in [0.29, 0.717) is 0 Å². The third kappa shape index (κ3) is 1.90. The van der Waals surface area contributed by atoms with Gasteiger partial charge in [0.25, 0.3) is 0 Å². The topological polar surface area (TPSA) is 51.0 Å². The van der Waals surface area contributed by atoms with Gasteiger partial charge in [-0.25, -0.2) is 9.97 Å². The lowest BCUT2D eigenvalue weighted by molar-refractivity contribution is 0.490. The first kappa shape index (κ1) is 10.3. The van der Waals surface area contributed by atoms with Gasteiger partial charge in [0.05, 0.1) is 12.3 Å². The van der Waals surface area contributed by atoms with E-state index in [2.05, 4.69) is 22.2 Å². The third-order valence-electron chi connectivity index (χ3n) is 3.20. The molecule has 0 aliphatic heterocycles. The van der Waals surface area contributed by atoms with E-state index in [0.717, 1.165) is 24.4 Å². The van der Waals surface area contributed by atoms with Gasteiger partial charge in [0.1, 0.15) is 17.9 Å². The van der Waals surface area contributed by atoms with Gasteiger partial charge in [-0.1, -0.05) is 0 Å². The molecular formula is C13H15N3O. The van der Waals surface area contributed by atoms with Crippen molar-refractivity contribution in [2.24, 2.45) is 0 Å². The van der Waals surface area contributed by atoms with E-state index >= 15 is 0 Å². The summed E-state index contributed by atoms with van der Waals surface area (Å²) >= 11 is 0. The Hall–Kier alpha value is -1.84. The zero-order valence-corrected chi connectivity index (χ0v) is 9.81. The first-order valence-electron chi connectivity index (χ1n) is 5.97. The SMILES string of the molecule is CC(Nc1ncnc2c1CCC2)c1ccco1. The molecule has 17 heavy (non-hydrogen) atoms. The standard InChI is InChI=1S/C13H15N3O/c1-9(12-6-3-7-17-12)16-13-10-4-2-5-11(10)14-8-15-13/h3,6-9H,2,4-5H2,1H3,(H,14,15,16). The van der Waals surface area contributed by atoms with Crippen molar-refractivity contribution < 1.29 is 4.42 Å². The number of aryl methyl sites for hydroxylation is 1. The van der Waals surface area contributed by atoms with Gasteiger partial charge in [-0.2, -0.15) is 0 Å². The summed E-state index contributed by atoms with van der Waals surface area (Å²) in [7, 11) is 0. The van der Waals surface area contributed by atoms with Gasteiger partial charge < -0.3 is 9.73 Å². The number of rotatable bonds is 3. The molecule has 3 rings (SSSR count). The van der Waals surface area contributed by atoms with Crippen LogP contribution >= 0.6 is 0 Å². The number of hydrogen-bond acceptors (Lipinski definition) is 4. The second kappa shape index (κ2) is 4.20. The van der Waals surface area contributed by atoms with Gasteiger partial charge >= 0.3 is 0 Å². The molecule has 0 aromatic carbocycles.